The lowest BCUT2D eigenvalue weighted by Gasteiger charge is -2.19. The maximum atomic E-state index is 15.0. The lowest BCUT2D eigenvalue weighted by Crippen LogP contribution is -2.21. The van der Waals surface area contributed by atoms with Crippen LogP contribution < -0.4 is 15.4 Å². The average Bonchev–Trinajstić information content (AvgIpc) is 3.25. The zero-order valence-corrected chi connectivity index (χ0v) is 18.5. The number of hydrogen-bond donors (Lipinski definition) is 5. The van der Waals surface area contributed by atoms with E-state index in [0.717, 1.165) is 6.07 Å². The van der Waals surface area contributed by atoms with Gasteiger partial charge in [-0.1, -0.05) is 0 Å². The van der Waals surface area contributed by atoms with Crippen LogP contribution in [0.1, 0.15) is 20.0 Å². The van der Waals surface area contributed by atoms with E-state index < -0.39 is 91.2 Å². The molecule has 0 saturated heterocycles. The molecule has 186 valence electrons. The van der Waals surface area contributed by atoms with Gasteiger partial charge in [0.1, 0.15) is 16.3 Å². The fraction of sp³-hybridized carbons (Fsp3) is 0.0526. The topological polar surface area (TPSA) is 136 Å². The van der Waals surface area contributed by atoms with E-state index >= 15 is 0 Å². The van der Waals surface area contributed by atoms with Crippen LogP contribution in [0, 0.1) is 17.5 Å². The first-order valence-corrected chi connectivity index (χ1v) is 10.2. The second-order valence-corrected chi connectivity index (χ2v) is 8.04. The first-order chi connectivity index (χ1) is 16.2. The normalized spacial score (nSPS) is 11.4. The number of halogens is 6. The maximum absolute atomic E-state index is 15.0. The Bertz CT molecular complexity index is 1350. The summed E-state index contributed by atoms with van der Waals surface area (Å²) >= 11 is 0.626. The molecule has 16 heteroatoms. The van der Waals surface area contributed by atoms with E-state index in [4.69, 9.17) is 5.11 Å². The molecule has 0 bridgehead atoms. The van der Waals surface area contributed by atoms with Crippen LogP contribution in [0.3, 0.4) is 0 Å². The van der Waals surface area contributed by atoms with Crippen LogP contribution in [0.25, 0.3) is 11.1 Å². The van der Waals surface area contributed by atoms with Crippen molar-refractivity contribution < 1.29 is 61.1 Å². The van der Waals surface area contributed by atoms with Crippen molar-refractivity contribution in [1.29, 1.82) is 0 Å². The summed E-state index contributed by atoms with van der Waals surface area (Å²) in [4.78, 5) is 23.0. The van der Waals surface area contributed by atoms with Gasteiger partial charge in [-0.3, -0.25) is 4.79 Å². The monoisotopic (exact) mass is 541 g/mol. The molecule has 1 aromatic heterocycles. The average molecular weight is 541 g/mol. The van der Waals surface area contributed by atoms with Gasteiger partial charge in [-0.15, -0.1) is 33.7 Å². The Hall–Kier alpha value is -3.71. The number of alkyl halides is 3. The lowest BCUT2D eigenvalue weighted by molar-refractivity contribution is -0.275. The largest absolute Gasteiger partial charge is 0.573 e. The number of phenols is 3. The standard InChI is InChI=1S/C19H10F6NO7PS/c20-9-8(7-5(27)3-6(28)14(13(7)29)33-19(23,24)25)15(34)11(22)12(10(9)21)26-17(30)4-1-2-35-16(4)18(31)32/h1-3,27-29H,34H2,(H,26,30)(H,31,32). The molecular weight excluding hydrogens is 531 g/mol. The molecule has 8 nitrogen and oxygen atoms in total. The smallest absolute Gasteiger partial charge is 0.507 e. The quantitative estimate of drug-likeness (QED) is 0.185. The minimum Gasteiger partial charge on any atom is -0.507 e. The number of carbonyl (C=O) groups is 2. The fourth-order valence-electron chi connectivity index (χ4n) is 2.95. The van der Waals surface area contributed by atoms with E-state index in [9.17, 15) is 51.3 Å². The molecule has 3 rings (SSSR count). The number of benzene rings is 2. The fourth-order valence-corrected chi connectivity index (χ4v) is 4.10. The van der Waals surface area contributed by atoms with Crippen LogP contribution in [0.5, 0.6) is 23.0 Å². The number of aromatic carboxylic acids is 1. The number of thiophene rings is 1. The van der Waals surface area contributed by atoms with Crippen molar-refractivity contribution in [2.45, 2.75) is 6.36 Å². The van der Waals surface area contributed by atoms with E-state index in [1.54, 1.807) is 14.6 Å². The zero-order chi connectivity index (χ0) is 26.4. The van der Waals surface area contributed by atoms with Crippen molar-refractivity contribution in [1.82, 2.24) is 0 Å². The molecule has 1 unspecified atom stereocenters. The number of rotatable bonds is 5. The summed E-state index contributed by atoms with van der Waals surface area (Å²) < 4.78 is 86.0. The SMILES string of the molecule is O=C(Nc1c(F)c(F)c(-c2c(O)cc(O)c(OC(F)(F)F)c2O)c(P)c1F)c1ccsc1C(=O)O. The third-order valence-corrected chi connectivity index (χ3v) is 5.83. The summed E-state index contributed by atoms with van der Waals surface area (Å²) in [7, 11) is 1.56. The molecule has 0 fully saturated rings. The summed E-state index contributed by atoms with van der Waals surface area (Å²) in [5.41, 5.74) is -4.45. The maximum Gasteiger partial charge on any atom is 0.573 e. The number of hydrogen-bond acceptors (Lipinski definition) is 7. The van der Waals surface area contributed by atoms with Crippen LogP contribution in [0.4, 0.5) is 32.0 Å². The van der Waals surface area contributed by atoms with Crippen LogP contribution in [0.15, 0.2) is 17.5 Å². The number of carbonyl (C=O) groups excluding carboxylic acids is 1. The summed E-state index contributed by atoms with van der Waals surface area (Å²) in [5.74, 6) is -14.8. The van der Waals surface area contributed by atoms with Crippen molar-refractivity contribution in [3.63, 3.8) is 0 Å². The molecule has 1 heterocycles. The highest BCUT2D eigenvalue weighted by Gasteiger charge is 2.37. The van der Waals surface area contributed by atoms with Crippen molar-refractivity contribution >= 4 is 43.4 Å². The van der Waals surface area contributed by atoms with Gasteiger partial charge < -0.3 is 30.5 Å². The Balaban J connectivity index is 2.18. The molecule has 5 N–H and O–H groups in total. The van der Waals surface area contributed by atoms with Gasteiger partial charge in [0.15, 0.2) is 29.0 Å². The first-order valence-electron chi connectivity index (χ1n) is 8.77. The number of ether oxygens (including phenoxy) is 1. The molecule has 0 aliphatic heterocycles. The van der Waals surface area contributed by atoms with Gasteiger partial charge in [-0.25, -0.2) is 18.0 Å². The van der Waals surface area contributed by atoms with Crippen molar-refractivity contribution in [2.75, 3.05) is 5.32 Å². The highest BCUT2D eigenvalue weighted by molar-refractivity contribution is 7.28. The van der Waals surface area contributed by atoms with Crippen LogP contribution in [-0.4, -0.2) is 38.7 Å². The van der Waals surface area contributed by atoms with E-state index in [1.807, 2.05) is 0 Å². The number of amides is 1. The van der Waals surface area contributed by atoms with E-state index in [-0.39, 0.29) is 6.07 Å². The Morgan fingerprint density at radius 2 is 1.63 bits per heavy atom. The Labute approximate surface area is 196 Å². The van der Waals surface area contributed by atoms with Crippen LogP contribution >= 0.6 is 20.6 Å². The molecule has 0 spiro atoms. The number of carboxylic acid groups (broad SMARTS) is 1. The molecule has 0 aliphatic carbocycles. The first kappa shape index (κ1) is 25.9. The molecule has 0 aliphatic rings. The number of aromatic hydroxyl groups is 3. The van der Waals surface area contributed by atoms with Gasteiger partial charge in [-0.05, 0) is 11.4 Å². The third kappa shape index (κ3) is 4.77. The van der Waals surface area contributed by atoms with Gasteiger partial charge in [0.25, 0.3) is 5.91 Å². The molecule has 0 radical (unpaired) electrons. The molecule has 1 atom stereocenters. The lowest BCUT2D eigenvalue weighted by atomic mass is 10.00. The molecule has 2 aromatic carbocycles. The predicted octanol–water partition coefficient (Wildman–Crippen LogP) is 4.30. The third-order valence-electron chi connectivity index (χ3n) is 4.38. The summed E-state index contributed by atoms with van der Waals surface area (Å²) in [6.45, 7) is 0. The van der Waals surface area contributed by atoms with Crippen LogP contribution in [-0.2, 0) is 0 Å². The van der Waals surface area contributed by atoms with E-state index in [0.29, 0.717) is 11.3 Å². The number of phenolic OH excluding ortho intramolecular Hbond substituents is 3. The highest BCUT2D eigenvalue weighted by Crippen LogP contribution is 2.51. The second-order valence-electron chi connectivity index (χ2n) is 6.54. The second kappa shape index (κ2) is 9.15. The summed E-state index contributed by atoms with van der Waals surface area (Å²) in [6, 6.07) is 1.23. The van der Waals surface area contributed by atoms with Gasteiger partial charge in [0, 0.05) is 16.9 Å². The van der Waals surface area contributed by atoms with E-state index in [2.05, 4.69) is 4.74 Å². The molecule has 3 aromatic rings. The van der Waals surface area contributed by atoms with Crippen molar-refractivity contribution in [3.8, 4) is 34.1 Å². The molecular formula is C19H10F6NO7PS. The summed E-state index contributed by atoms with van der Waals surface area (Å²) in [5, 5.41) is 40.7. The van der Waals surface area contributed by atoms with Crippen molar-refractivity contribution in [3.05, 3.63) is 45.4 Å². The molecule has 0 saturated carbocycles. The summed E-state index contributed by atoms with van der Waals surface area (Å²) in [6.07, 6.45) is -5.47. The molecule has 1 amide bonds. The number of nitrogens with one attached hydrogen (secondary N) is 1. The zero-order valence-electron chi connectivity index (χ0n) is 16.5. The Kier molecular flexibility index (Phi) is 6.77. The van der Waals surface area contributed by atoms with Gasteiger partial charge in [-0.2, -0.15) is 0 Å². The number of carboxylic acids is 1. The highest BCUT2D eigenvalue weighted by atomic mass is 32.1. The van der Waals surface area contributed by atoms with Crippen molar-refractivity contribution in [2.24, 2.45) is 0 Å². The Morgan fingerprint density at radius 3 is 2.20 bits per heavy atom. The Morgan fingerprint density at radius 1 is 1.00 bits per heavy atom. The van der Waals surface area contributed by atoms with Crippen LogP contribution in [0.2, 0.25) is 0 Å². The number of anilines is 1. The van der Waals surface area contributed by atoms with E-state index in [1.165, 1.54) is 5.38 Å². The minimum absolute atomic E-state index is 0.204. The minimum atomic E-state index is -5.47. The molecule has 35 heavy (non-hydrogen) atoms. The van der Waals surface area contributed by atoms with Gasteiger partial charge >= 0.3 is 12.3 Å². The van der Waals surface area contributed by atoms with Gasteiger partial charge in [0.2, 0.25) is 5.75 Å². The van der Waals surface area contributed by atoms with Gasteiger partial charge in [0.05, 0.1) is 11.1 Å². The predicted molar refractivity (Wildman–Crippen MR) is 112 cm³/mol.